The fourth-order valence-corrected chi connectivity index (χ4v) is 2.78. The van der Waals surface area contributed by atoms with Crippen molar-refractivity contribution in [1.29, 1.82) is 0 Å². The summed E-state index contributed by atoms with van der Waals surface area (Å²) in [5, 5.41) is 7.14. The molecule has 3 N–H and O–H groups in total. The van der Waals surface area contributed by atoms with Gasteiger partial charge in [-0.1, -0.05) is 44.0 Å². The molecule has 0 bridgehead atoms. The Kier molecular flexibility index (Phi) is 8.26. The van der Waals surface area contributed by atoms with Crippen molar-refractivity contribution in [2.75, 3.05) is 13.7 Å². The second kappa shape index (κ2) is 10.7. The molecule has 1 aromatic heterocycles. The number of ether oxygens (including phenoxy) is 1. The molecule has 0 aliphatic heterocycles. The lowest BCUT2D eigenvalue weighted by Crippen LogP contribution is -2.32. The molecule has 0 unspecified atom stereocenters. The maximum absolute atomic E-state index is 12.3. The van der Waals surface area contributed by atoms with Crippen LogP contribution >= 0.6 is 0 Å². The normalized spacial score (nSPS) is 13.2. The first-order valence-corrected chi connectivity index (χ1v) is 9.56. The maximum atomic E-state index is 12.3. The molecular formula is C20H30N4O3. The van der Waals surface area contributed by atoms with Crippen molar-refractivity contribution in [3.63, 3.8) is 0 Å². The molecule has 2 aromatic rings. The van der Waals surface area contributed by atoms with Crippen LogP contribution in [0.15, 0.2) is 28.8 Å². The molecule has 0 radical (unpaired) electrons. The van der Waals surface area contributed by atoms with E-state index in [9.17, 15) is 4.79 Å². The molecule has 27 heavy (non-hydrogen) atoms. The predicted molar refractivity (Wildman–Crippen MR) is 104 cm³/mol. The third-order valence-electron chi connectivity index (χ3n) is 4.67. The smallest absolute Gasteiger partial charge is 0.249 e. The van der Waals surface area contributed by atoms with E-state index in [0.717, 1.165) is 37.0 Å². The van der Waals surface area contributed by atoms with Gasteiger partial charge in [0.05, 0.1) is 7.11 Å². The molecule has 0 aliphatic rings. The van der Waals surface area contributed by atoms with Gasteiger partial charge in [0.15, 0.2) is 0 Å². The SMILES string of the molecule is CC[C@@H](C)[C@@H](NC(=O)CCCCCN)c1nc(-c2cccc(OC)c2)no1. The molecule has 1 aromatic carbocycles. The van der Waals surface area contributed by atoms with E-state index >= 15 is 0 Å². The summed E-state index contributed by atoms with van der Waals surface area (Å²) in [4.78, 5) is 16.8. The second-order valence-corrected chi connectivity index (χ2v) is 6.72. The van der Waals surface area contributed by atoms with E-state index in [1.165, 1.54) is 0 Å². The highest BCUT2D eigenvalue weighted by molar-refractivity contribution is 5.76. The number of nitrogens with one attached hydrogen (secondary N) is 1. The Balaban J connectivity index is 2.10. The number of amides is 1. The fraction of sp³-hybridized carbons (Fsp3) is 0.550. The number of carbonyl (C=O) groups excluding carboxylic acids is 1. The van der Waals surface area contributed by atoms with Gasteiger partial charge in [-0.3, -0.25) is 4.79 Å². The van der Waals surface area contributed by atoms with Gasteiger partial charge in [0.2, 0.25) is 17.6 Å². The highest BCUT2D eigenvalue weighted by atomic mass is 16.5. The highest BCUT2D eigenvalue weighted by Crippen LogP contribution is 2.27. The van der Waals surface area contributed by atoms with Crippen LogP contribution in [-0.2, 0) is 4.79 Å². The zero-order valence-corrected chi connectivity index (χ0v) is 16.4. The molecule has 7 nitrogen and oxygen atoms in total. The van der Waals surface area contributed by atoms with Crippen molar-refractivity contribution < 1.29 is 14.1 Å². The summed E-state index contributed by atoms with van der Waals surface area (Å²) in [7, 11) is 1.61. The average molecular weight is 374 g/mol. The number of hydrogen-bond donors (Lipinski definition) is 2. The van der Waals surface area contributed by atoms with Crippen LogP contribution in [0.4, 0.5) is 0 Å². The van der Waals surface area contributed by atoms with Crippen molar-refractivity contribution in [2.45, 2.75) is 52.0 Å². The first kappa shape index (κ1) is 20.9. The summed E-state index contributed by atoms with van der Waals surface area (Å²) in [5.41, 5.74) is 6.30. The van der Waals surface area contributed by atoms with Crippen LogP contribution in [0, 0.1) is 5.92 Å². The summed E-state index contributed by atoms with van der Waals surface area (Å²) in [6.45, 7) is 4.80. The molecule has 0 spiro atoms. The minimum absolute atomic E-state index is 0.00143. The lowest BCUT2D eigenvalue weighted by molar-refractivity contribution is -0.122. The van der Waals surface area contributed by atoms with E-state index in [0.29, 0.717) is 24.7 Å². The highest BCUT2D eigenvalue weighted by Gasteiger charge is 2.26. The van der Waals surface area contributed by atoms with Gasteiger partial charge in [0, 0.05) is 12.0 Å². The summed E-state index contributed by atoms with van der Waals surface area (Å²) in [6, 6.07) is 7.18. The second-order valence-electron chi connectivity index (χ2n) is 6.72. The lowest BCUT2D eigenvalue weighted by atomic mass is 9.98. The standard InChI is InChI=1S/C20H30N4O3/c1-4-14(2)18(22-17(25)11-6-5-7-12-21)20-23-19(24-27-20)15-9-8-10-16(13-15)26-3/h8-10,13-14,18H,4-7,11-12,21H2,1-3H3,(H,22,25)/t14-,18-/m1/s1. The number of unbranched alkanes of at least 4 members (excludes halogenated alkanes) is 2. The number of nitrogens with zero attached hydrogens (tertiary/aromatic N) is 2. The first-order valence-electron chi connectivity index (χ1n) is 9.56. The van der Waals surface area contributed by atoms with Gasteiger partial charge >= 0.3 is 0 Å². The largest absolute Gasteiger partial charge is 0.497 e. The molecule has 2 rings (SSSR count). The molecule has 2 atom stereocenters. The van der Waals surface area contributed by atoms with Crippen molar-refractivity contribution >= 4 is 5.91 Å². The number of nitrogens with two attached hydrogens (primary N) is 1. The molecule has 0 saturated carbocycles. The van der Waals surface area contributed by atoms with Crippen molar-refractivity contribution in [3.05, 3.63) is 30.2 Å². The van der Waals surface area contributed by atoms with Crippen molar-refractivity contribution in [2.24, 2.45) is 11.7 Å². The van der Waals surface area contributed by atoms with Crippen LogP contribution in [0.25, 0.3) is 11.4 Å². The van der Waals surface area contributed by atoms with Crippen molar-refractivity contribution in [3.8, 4) is 17.1 Å². The third-order valence-corrected chi connectivity index (χ3v) is 4.67. The van der Waals surface area contributed by atoms with Crippen LogP contribution in [0.5, 0.6) is 5.75 Å². The van der Waals surface area contributed by atoms with E-state index in [1.54, 1.807) is 7.11 Å². The Morgan fingerprint density at radius 1 is 1.33 bits per heavy atom. The average Bonchev–Trinajstić information content (AvgIpc) is 3.19. The zero-order valence-electron chi connectivity index (χ0n) is 16.4. The molecule has 1 heterocycles. The minimum Gasteiger partial charge on any atom is -0.497 e. The van der Waals surface area contributed by atoms with Crippen LogP contribution in [0.3, 0.4) is 0 Å². The molecular weight excluding hydrogens is 344 g/mol. The van der Waals surface area contributed by atoms with Crippen LogP contribution < -0.4 is 15.8 Å². The van der Waals surface area contributed by atoms with Crippen LogP contribution in [-0.4, -0.2) is 29.7 Å². The number of benzene rings is 1. The summed E-state index contributed by atoms with van der Waals surface area (Å²) >= 11 is 0. The van der Waals surface area contributed by atoms with E-state index in [2.05, 4.69) is 29.3 Å². The number of hydrogen-bond acceptors (Lipinski definition) is 6. The minimum atomic E-state index is -0.302. The number of aromatic nitrogens is 2. The Hall–Kier alpha value is -2.41. The molecule has 1 amide bonds. The van der Waals surface area contributed by atoms with Crippen LogP contribution in [0.2, 0.25) is 0 Å². The van der Waals surface area contributed by atoms with Gasteiger partial charge in [-0.25, -0.2) is 0 Å². The monoisotopic (exact) mass is 374 g/mol. The van der Waals surface area contributed by atoms with Gasteiger partial charge in [-0.05, 0) is 37.4 Å². The number of rotatable bonds is 11. The molecule has 0 aliphatic carbocycles. The lowest BCUT2D eigenvalue weighted by Gasteiger charge is -2.20. The third kappa shape index (κ3) is 6.06. The Labute approximate surface area is 160 Å². The number of methoxy groups -OCH3 is 1. The van der Waals surface area contributed by atoms with E-state index in [1.807, 2.05) is 24.3 Å². The number of carbonyl (C=O) groups is 1. The van der Waals surface area contributed by atoms with Gasteiger partial charge in [0.1, 0.15) is 11.8 Å². The maximum Gasteiger partial charge on any atom is 0.249 e. The van der Waals surface area contributed by atoms with E-state index in [-0.39, 0.29) is 17.9 Å². The quantitative estimate of drug-likeness (QED) is 0.584. The van der Waals surface area contributed by atoms with Gasteiger partial charge in [0.25, 0.3) is 0 Å². The molecule has 0 fully saturated rings. The molecule has 7 heteroatoms. The van der Waals surface area contributed by atoms with Gasteiger partial charge in [-0.15, -0.1) is 0 Å². The summed E-state index contributed by atoms with van der Waals surface area (Å²) in [5.74, 6) is 1.81. The fourth-order valence-electron chi connectivity index (χ4n) is 2.78. The molecule has 0 saturated heterocycles. The van der Waals surface area contributed by atoms with Gasteiger partial charge < -0.3 is 20.3 Å². The first-order chi connectivity index (χ1) is 13.1. The topological polar surface area (TPSA) is 103 Å². The Morgan fingerprint density at radius 3 is 2.85 bits per heavy atom. The summed E-state index contributed by atoms with van der Waals surface area (Å²) in [6.07, 6.45) is 4.09. The predicted octanol–water partition coefficient (Wildman–Crippen LogP) is 3.47. The molecule has 148 valence electrons. The van der Waals surface area contributed by atoms with E-state index in [4.69, 9.17) is 15.0 Å². The van der Waals surface area contributed by atoms with E-state index < -0.39 is 0 Å². The Bertz CT molecular complexity index is 717. The van der Waals surface area contributed by atoms with Crippen molar-refractivity contribution in [1.82, 2.24) is 15.5 Å². The zero-order chi connectivity index (χ0) is 19.6. The van der Waals surface area contributed by atoms with Gasteiger partial charge in [-0.2, -0.15) is 4.98 Å². The summed E-state index contributed by atoms with van der Waals surface area (Å²) < 4.78 is 10.7. The Morgan fingerprint density at radius 2 is 2.15 bits per heavy atom. The van der Waals surface area contributed by atoms with Crippen LogP contribution in [0.1, 0.15) is 57.9 Å².